The van der Waals surface area contributed by atoms with Gasteiger partial charge in [-0.25, -0.2) is 5.48 Å². The molecule has 1 saturated heterocycles. The highest BCUT2D eigenvalue weighted by Crippen LogP contribution is 2.28. The summed E-state index contributed by atoms with van der Waals surface area (Å²) in [7, 11) is 0. The molecular weight excluding hydrogens is 304 g/mol. The van der Waals surface area contributed by atoms with Crippen LogP contribution >= 0.6 is 0 Å². The van der Waals surface area contributed by atoms with Gasteiger partial charge in [-0.05, 0) is 30.2 Å². The Labute approximate surface area is 141 Å². The van der Waals surface area contributed by atoms with Crippen molar-refractivity contribution in [3.05, 3.63) is 65.2 Å². The molecule has 1 amide bonds. The minimum Gasteiger partial charge on any atom is -0.378 e. The molecule has 1 aliphatic rings. The predicted octanol–water partition coefficient (Wildman–Crippen LogP) is 2.47. The van der Waals surface area contributed by atoms with Gasteiger partial charge < -0.3 is 9.64 Å². The Hall–Kier alpha value is -2.37. The van der Waals surface area contributed by atoms with Crippen molar-refractivity contribution < 1.29 is 14.7 Å². The lowest BCUT2D eigenvalue weighted by atomic mass is 9.89. The maximum atomic E-state index is 12.2. The van der Waals surface area contributed by atoms with Gasteiger partial charge in [0.05, 0.1) is 19.1 Å². The quantitative estimate of drug-likeness (QED) is 0.669. The highest BCUT2D eigenvalue weighted by molar-refractivity contribution is 5.86. The van der Waals surface area contributed by atoms with Crippen molar-refractivity contribution >= 4 is 11.6 Å². The number of aryl methyl sites for hydroxylation is 1. The largest absolute Gasteiger partial charge is 0.378 e. The first-order valence-corrected chi connectivity index (χ1v) is 8.12. The molecule has 1 fully saturated rings. The summed E-state index contributed by atoms with van der Waals surface area (Å²) in [6, 6.07) is 15.7. The lowest BCUT2D eigenvalue weighted by molar-refractivity contribution is -0.129. The van der Waals surface area contributed by atoms with Crippen LogP contribution in [0.25, 0.3) is 0 Å². The lowest BCUT2D eigenvalue weighted by Gasteiger charge is -2.29. The van der Waals surface area contributed by atoms with E-state index in [2.05, 4.69) is 4.90 Å². The first-order valence-electron chi connectivity index (χ1n) is 8.12. The van der Waals surface area contributed by atoms with Crippen LogP contribution in [0.3, 0.4) is 0 Å². The molecule has 0 aromatic heterocycles. The molecule has 126 valence electrons. The van der Waals surface area contributed by atoms with Crippen molar-refractivity contribution in [2.45, 2.75) is 12.8 Å². The SMILES string of the molecule is Cc1cccc(C(C(=O)NO)c2ccc(N3CCOCC3)cc2)c1. The second-order valence-corrected chi connectivity index (χ2v) is 6.01. The van der Waals surface area contributed by atoms with E-state index >= 15 is 0 Å². The molecule has 2 N–H and O–H groups in total. The molecule has 2 aromatic rings. The number of hydrogen-bond donors (Lipinski definition) is 2. The molecule has 0 saturated carbocycles. The van der Waals surface area contributed by atoms with E-state index in [1.807, 2.05) is 55.5 Å². The minimum atomic E-state index is -0.534. The van der Waals surface area contributed by atoms with Gasteiger partial charge in [-0.1, -0.05) is 42.0 Å². The summed E-state index contributed by atoms with van der Waals surface area (Å²) in [5, 5.41) is 9.13. The van der Waals surface area contributed by atoms with Crippen LogP contribution in [0.2, 0.25) is 0 Å². The number of nitrogens with one attached hydrogen (secondary N) is 1. The van der Waals surface area contributed by atoms with Gasteiger partial charge in [0.15, 0.2) is 0 Å². The number of rotatable bonds is 4. The zero-order valence-electron chi connectivity index (χ0n) is 13.7. The third kappa shape index (κ3) is 3.58. The number of amides is 1. The molecule has 0 spiro atoms. The average Bonchev–Trinajstić information content (AvgIpc) is 2.63. The van der Waals surface area contributed by atoms with E-state index in [0.29, 0.717) is 0 Å². The Kier molecular flexibility index (Phi) is 5.13. The lowest BCUT2D eigenvalue weighted by Crippen LogP contribution is -2.36. The summed E-state index contributed by atoms with van der Waals surface area (Å²) in [6.45, 7) is 5.20. The van der Waals surface area contributed by atoms with Gasteiger partial charge in [-0.3, -0.25) is 10.0 Å². The smallest absolute Gasteiger partial charge is 0.255 e. The zero-order valence-corrected chi connectivity index (χ0v) is 13.7. The Bertz CT molecular complexity index is 694. The summed E-state index contributed by atoms with van der Waals surface area (Å²) in [5.74, 6) is -0.964. The highest BCUT2D eigenvalue weighted by Gasteiger charge is 2.23. The molecular formula is C19H22N2O3. The molecule has 1 heterocycles. The number of benzene rings is 2. The second-order valence-electron chi connectivity index (χ2n) is 6.01. The molecule has 1 atom stereocenters. The Balaban J connectivity index is 1.89. The molecule has 24 heavy (non-hydrogen) atoms. The van der Waals surface area contributed by atoms with Crippen molar-refractivity contribution in [3.63, 3.8) is 0 Å². The van der Waals surface area contributed by atoms with E-state index < -0.39 is 11.8 Å². The number of morpholine rings is 1. The van der Waals surface area contributed by atoms with Gasteiger partial charge in [-0.15, -0.1) is 0 Å². The molecule has 1 aliphatic heterocycles. The van der Waals surface area contributed by atoms with Crippen LogP contribution in [0.15, 0.2) is 48.5 Å². The molecule has 5 nitrogen and oxygen atoms in total. The fourth-order valence-electron chi connectivity index (χ4n) is 3.11. The van der Waals surface area contributed by atoms with Gasteiger partial charge in [0, 0.05) is 18.8 Å². The molecule has 0 aliphatic carbocycles. The average molecular weight is 326 g/mol. The van der Waals surface area contributed by atoms with Crippen LogP contribution in [0.1, 0.15) is 22.6 Å². The molecule has 3 rings (SSSR count). The van der Waals surface area contributed by atoms with Gasteiger partial charge in [0.2, 0.25) is 0 Å². The zero-order chi connectivity index (χ0) is 16.9. The Morgan fingerprint density at radius 3 is 2.46 bits per heavy atom. The van der Waals surface area contributed by atoms with E-state index in [9.17, 15) is 4.79 Å². The predicted molar refractivity (Wildman–Crippen MR) is 92.4 cm³/mol. The van der Waals surface area contributed by atoms with E-state index in [-0.39, 0.29) is 0 Å². The molecule has 1 unspecified atom stereocenters. The van der Waals surface area contributed by atoms with Crippen molar-refractivity contribution in [3.8, 4) is 0 Å². The summed E-state index contributed by atoms with van der Waals surface area (Å²) < 4.78 is 5.38. The number of hydrogen-bond acceptors (Lipinski definition) is 4. The summed E-state index contributed by atoms with van der Waals surface area (Å²) >= 11 is 0. The van der Waals surface area contributed by atoms with Crippen LogP contribution in [-0.2, 0) is 9.53 Å². The third-order valence-electron chi connectivity index (χ3n) is 4.35. The number of carbonyl (C=O) groups excluding carboxylic acids is 1. The van der Waals surface area contributed by atoms with Gasteiger partial charge >= 0.3 is 0 Å². The maximum absolute atomic E-state index is 12.2. The summed E-state index contributed by atoms with van der Waals surface area (Å²) in [6.07, 6.45) is 0. The molecule has 0 bridgehead atoms. The molecule has 2 aromatic carbocycles. The number of nitrogens with zero attached hydrogens (tertiary/aromatic N) is 1. The number of hydroxylamine groups is 1. The normalized spacial score (nSPS) is 15.8. The fourth-order valence-corrected chi connectivity index (χ4v) is 3.11. The first kappa shape index (κ1) is 16.5. The minimum absolute atomic E-state index is 0.431. The van der Waals surface area contributed by atoms with Gasteiger partial charge in [0.1, 0.15) is 0 Å². The van der Waals surface area contributed by atoms with E-state index in [0.717, 1.165) is 48.7 Å². The first-order chi connectivity index (χ1) is 11.7. The summed E-state index contributed by atoms with van der Waals surface area (Å²) in [5.41, 5.74) is 5.70. The van der Waals surface area contributed by atoms with Crippen molar-refractivity contribution in [1.82, 2.24) is 5.48 Å². The number of ether oxygens (including phenoxy) is 1. The molecule has 5 heteroatoms. The van der Waals surface area contributed by atoms with Gasteiger partial charge in [-0.2, -0.15) is 0 Å². The van der Waals surface area contributed by atoms with Crippen molar-refractivity contribution in [2.75, 3.05) is 31.2 Å². The van der Waals surface area contributed by atoms with E-state index in [1.165, 1.54) is 0 Å². The third-order valence-corrected chi connectivity index (χ3v) is 4.35. The monoisotopic (exact) mass is 326 g/mol. The Morgan fingerprint density at radius 1 is 1.12 bits per heavy atom. The summed E-state index contributed by atoms with van der Waals surface area (Å²) in [4.78, 5) is 14.5. The van der Waals surface area contributed by atoms with Gasteiger partial charge in [0.25, 0.3) is 5.91 Å². The van der Waals surface area contributed by atoms with Crippen LogP contribution in [0.5, 0.6) is 0 Å². The maximum Gasteiger partial charge on any atom is 0.255 e. The standard InChI is InChI=1S/C19H22N2O3/c1-14-3-2-4-16(13-14)18(19(22)20-23)15-5-7-17(8-6-15)21-9-11-24-12-10-21/h2-8,13,18,23H,9-12H2,1H3,(H,20,22). The van der Waals surface area contributed by atoms with E-state index in [1.54, 1.807) is 5.48 Å². The second kappa shape index (κ2) is 7.47. The number of carbonyl (C=O) groups is 1. The van der Waals surface area contributed by atoms with Crippen LogP contribution in [0.4, 0.5) is 5.69 Å². The van der Waals surface area contributed by atoms with E-state index in [4.69, 9.17) is 9.94 Å². The van der Waals surface area contributed by atoms with Crippen LogP contribution < -0.4 is 10.4 Å². The van der Waals surface area contributed by atoms with Crippen LogP contribution in [-0.4, -0.2) is 37.4 Å². The van der Waals surface area contributed by atoms with Crippen molar-refractivity contribution in [1.29, 1.82) is 0 Å². The van der Waals surface area contributed by atoms with Crippen molar-refractivity contribution in [2.24, 2.45) is 0 Å². The fraction of sp³-hybridized carbons (Fsp3) is 0.316. The molecule has 0 radical (unpaired) electrons. The van der Waals surface area contributed by atoms with Crippen LogP contribution in [0, 0.1) is 6.92 Å². The topological polar surface area (TPSA) is 61.8 Å². The number of anilines is 1. The Morgan fingerprint density at radius 2 is 1.83 bits per heavy atom. The highest BCUT2D eigenvalue weighted by atomic mass is 16.5.